The largest absolute Gasteiger partial charge is 0.465 e. The Morgan fingerprint density at radius 2 is 1.95 bits per heavy atom. The van der Waals surface area contributed by atoms with Gasteiger partial charge in [-0.25, -0.2) is 0 Å². The van der Waals surface area contributed by atoms with Crippen molar-refractivity contribution >= 4 is 17.8 Å². The number of esters is 1. The van der Waals surface area contributed by atoms with E-state index in [4.69, 9.17) is 9.47 Å². The highest BCUT2D eigenvalue weighted by Gasteiger charge is 2.80. The second kappa shape index (κ2) is 12.0. The number of carbonyl (C=O) groups is 3. The molecule has 1 aromatic rings. The Labute approximate surface area is 231 Å². The van der Waals surface area contributed by atoms with Gasteiger partial charge in [0, 0.05) is 26.2 Å². The molecule has 0 radical (unpaired) electrons. The molecule has 3 heterocycles. The quantitative estimate of drug-likeness (QED) is 0.221. The highest BCUT2D eigenvalue weighted by molar-refractivity contribution is 5.98. The van der Waals surface area contributed by atoms with Crippen LogP contribution in [-0.2, 0) is 30.4 Å². The maximum atomic E-state index is 14.4. The number of benzene rings is 1. The van der Waals surface area contributed by atoms with Gasteiger partial charge in [-0.2, -0.15) is 0 Å². The number of amides is 2. The van der Waals surface area contributed by atoms with Crippen molar-refractivity contribution in [3.8, 4) is 0 Å². The molecule has 212 valence electrons. The molecule has 6 atom stereocenters. The summed E-state index contributed by atoms with van der Waals surface area (Å²) < 4.78 is 12.4. The Morgan fingerprint density at radius 1 is 1.21 bits per heavy atom. The van der Waals surface area contributed by atoms with Crippen molar-refractivity contribution < 1.29 is 29.0 Å². The lowest BCUT2D eigenvalue weighted by Crippen LogP contribution is -2.56. The van der Waals surface area contributed by atoms with Crippen molar-refractivity contribution in [1.29, 1.82) is 0 Å². The zero-order valence-corrected chi connectivity index (χ0v) is 23.2. The number of ether oxygens (including phenoxy) is 2. The van der Waals surface area contributed by atoms with Crippen LogP contribution in [0.3, 0.4) is 0 Å². The normalized spacial score (nSPS) is 30.7. The molecule has 3 fully saturated rings. The van der Waals surface area contributed by atoms with Gasteiger partial charge < -0.3 is 24.4 Å². The van der Waals surface area contributed by atoms with Crippen LogP contribution in [0.5, 0.6) is 0 Å². The van der Waals surface area contributed by atoms with Gasteiger partial charge in [0.15, 0.2) is 0 Å². The topological polar surface area (TPSA) is 96.4 Å². The summed E-state index contributed by atoms with van der Waals surface area (Å²) in [6, 6.07) is 8.86. The van der Waals surface area contributed by atoms with E-state index in [-0.39, 0.29) is 30.9 Å². The number of rotatable bonds is 14. The average molecular weight is 539 g/mol. The molecule has 8 nitrogen and oxygen atoms in total. The first-order chi connectivity index (χ1) is 18.7. The zero-order valence-electron chi connectivity index (χ0n) is 23.2. The molecule has 1 N–H and O–H groups in total. The summed E-state index contributed by atoms with van der Waals surface area (Å²) in [7, 11) is 0. The van der Waals surface area contributed by atoms with Gasteiger partial charge >= 0.3 is 5.97 Å². The minimum absolute atomic E-state index is 0.0508. The lowest BCUT2D eigenvalue weighted by molar-refractivity contribution is -0.162. The minimum Gasteiger partial charge on any atom is -0.465 e. The Kier molecular flexibility index (Phi) is 8.96. The summed E-state index contributed by atoms with van der Waals surface area (Å²) in [6.07, 6.45) is 6.38. The van der Waals surface area contributed by atoms with Crippen LogP contribution in [0.1, 0.15) is 51.5 Å². The summed E-state index contributed by atoms with van der Waals surface area (Å²) >= 11 is 0. The Hall–Kier alpha value is -2.97. The molecule has 3 unspecified atom stereocenters. The van der Waals surface area contributed by atoms with Crippen LogP contribution in [0.25, 0.3) is 0 Å². The Bertz CT molecular complexity index is 1080. The standard InChI is InChI=1S/C31H42N2O6/c1-5-7-19-38-29(37)25-24-27(35)33(17-12-9-13-18-34)26(31(24)20-22(3)30(25,4)39-31)28(36)32(16-6-2)21-23-14-10-8-11-15-23/h5-6,8,10-11,14-15,22,24-26,34H,1-2,7,9,12-13,16-21H2,3-4H3/t22?,24-,25-,26?,30+,31?/m0/s1. The number of unbranched alkanes of at least 4 members (excludes halogenated alkanes) is 2. The molecule has 39 heavy (non-hydrogen) atoms. The molecule has 4 rings (SSSR count). The molecule has 8 heteroatoms. The maximum absolute atomic E-state index is 14.4. The van der Waals surface area contributed by atoms with Crippen LogP contribution in [0, 0.1) is 17.8 Å². The fraction of sp³-hybridized carbons (Fsp3) is 0.581. The van der Waals surface area contributed by atoms with Crippen molar-refractivity contribution in [1.82, 2.24) is 9.80 Å². The number of nitrogens with zero attached hydrogens (tertiary/aromatic N) is 2. The molecule has 1 spiro atoms. The molecule has 3 saturated heterocycles. The monoisotopic (exact) mass is 538 g/mol. The van der Waals surface area contributed by atoms with Crippen molar-refractivity contribution in [2.75, 3.05) is 26.3 Å². The smallest absolute Gasteiger partial charge is 0.312 e. The number of hydrogen-bond donors (Lipinski definition) is 1. The van der Waals surface area contributed by atoms with Gasteiger partial charge in [0.05, 0.1) is 18.1 Å². The van der Waals surface area contributed by atoms with Crippen molar-refractivity contribution in [3.05, 3.63) is 61.2 Å². The summed E-state index contributed by atoms with van der Waals surface area (Å²) in [5, 5.41) is 9.25. The molecular weight excluding hydrogens is 496 g/mol. The summed E-state index contributed by atoms with van der Waals surface area (Å²) in [5.74, 6) is -2.51. The van der Waals surface area contributed by atoms with Gasteiger partial charge in [0.25, 0.3) is 0 Å². The predicted molar refractivity (Wildman–Crippen MR) is 147 cm³/mol. The van der Waals surface area contributed by atoms with Crippen molar-refractivity contribution in [2.45, 2.75) is 69.7 Å². The summed E-state index contributed by atoms with van der Waals surface area (Å²) in [5.41, 5.74) is -1.05. The van der Waals surface area contributed by atoms with E-state index in [0.717, 1.165) is 12.0 Å². The van der Waals surface area contributed by atoms with Gasteiger partial charge in [-0.3, -0.25) is 14.4 Å². The number of carbonyl (C=O) groups excluding carboxylic acids is 3. The number of aliphatic hydroxyl groups is 1. The van der Waals surface area contributed by atoms with Crippen LogP contribution in [-0.4, -0.2) is 76.2 Å². The van der Waals surface area contributed by atoms with Gasteiger partial charge in [-0.1, -0.05) is 49.4 Å². The Balaban J connectivity index is 1.72. The van der Waals surface area contributed by atoms with Crippen molar-refractivity contribution in [3.63, 3.8) is 0 Å². The second-order valence-corrected chi connectivity index (χ2v) is 11.3. The highest BCUT2D eigenvalue weighted by Crippen LogP contribution is 2.65. The molecule has 3 aliphatic rings. The number of likely N-dealkylation sites (tertiary alicyclic amines) is 1. The van der Waals surface area contributed by atoms with E-state index in [0.29, 0.717) is 45.3 Å². The zero-order chi connectivity index (χ0) is 28.2. The lowest BCUT2D eigenvalue weighted by Gasteiger charge is -2.37. The van der Waals surface area contributed by atoms with Crippen LogP contribution >= 0.6 is 0 Å². The third-order valence-corrected chi connectivity index (χ3v) is 8.80. The molecule has 0 aromatic heterocycles. The molecule has 3 aliphatic heterocycles. The van der Waals surface area contributed by atoms with E-state index < -0.39 is 35.0 Å². The number of fused-ring (bicyclic) bond motifs is 1. The van der Waals surface area contributed by atoms with E-state index in [1.54, 1.807) is 22.0 Å². The maximum Gasteiger partial charge on any atom is 0.312 e. The third-order valence-electron chi connectivity index (χ3n) is 8.80. The van der Waals surface area contributed by atoms with Gasteiger partial charge in [0.1, 0.15) is 17.6 Å². The van der Waals surface area contributed by atoms with Crippen LogP contribution in [0.4, 0.5) is 0 Å². The van der Waals surface area contributed by atoms with E-state index >= 15 is 0 Å². The predicted octanol–water partition coefficient (Wildman–Crippen LogP) is 3.49. The first-order valence-electron chi connectivity index (χ1n) is 14.1. The molecular formula is C31H42N2O6. The summed E-state index contributed by atoms with van der Waals surface area (Å²) in [6.45, 7) is 12.8. The van der Waals surface area contributed by atoms with E-state index in [9.17, 15) is 19.5 Å². The molecule has 1 aromatic carbocycles. The second-order valence-electron chi connectivity index (χ2n) is 11.3. The SMILES string of the molecule is C=CCCOC(=O)[C@@H]1[C@H]2C(=O)N(CCCCCO)C(C(=O)N(CC=C)Cc3ccccc3)C23CC(C)[C@@]1(C)O3. The van der Waals surface area contributed by atoms with E-state index in [1.165, 1.54) is 0 Å². The Morgan fingerprint density at radius 3 is 2.62 bits per heavy atom. The van der Waals surface area contributed by atoms with Gasteiger partial charge in [-0.05, 0) is 50.5 Å². The number of aliphatic hydroxyl groups excluding tert-OH is 1. The van der Waals surface area contributed by atoms with Crippen molar-refractivity contribution in [2.24, 2.45) is 17.8 Å². The van der Waals surface area contributed by atoms with Crippen LogP contribution < -0.4 is 0 Å². The highest BCUT2D eigenvalue weighted by atomic mass is 16.6. The van der Waals surface area contributed by atoms with E-state index in [2.05, 4.69) is 13.2 Å². The van der Waals surface area contributed by atoms with E-state index in [1.807, 2.05) is 44.2 Å². The fourth-order valence-electron chi connectivity index (χ4n) is 6.89. The fourth-order valence-corrected chi connectivity index (χ4v) is 6.89. The van der Waals surface area contributed by atoms with Crippen LogP contribution in [0.2, 0.25) is 0 Å². The summed E-state index contributed by atoms with van der Waals surface area (Å²) in [4.78, 5) is 45.4. The average Bonchev–Trinajstić information content (AvgIpc) is 3.43. The molecule has 0 saturated carbocycles. The first kappa shape index (κ1) is 29.0. The molecule has 2 amide bonds. The van der Waals surface area contributed by atoms with Gasteiger partial charge in [0.2, 0.25) is 11.8 Å². The minimum atomic E-state index is -1.11. The van der Waals surface area contributed by atoms with Crippen LogP contribution in [0.15, 0.2) is 55.6 Å². The number of hydrogen-bond acceptors (Lipinski definition) is 6. The third kappa shape index (κ3) is 5.16. The van der Waals surface area contributed by atoms with Gasteiger partial charge in [-0.15, -0.1) is 13.2 Å². The first-order valence-corrected chi connectivity index (χ1v) is 14.1. The molecule has 0 aliphatic carbocycles. The lowest BCUT2D eigenvalue weighted by atomic mass is 9.62. The molecule has 2 bridgehead atoms.